The summed E-state index contributed by atoms with van der Waals surface area (Å²) in [6, 6.07) is 1.80. The van der Waals surface area contributed by atoms with Gasteiger partial charge < -0.3 is 10.2 Å². The lowest BCUT2D eigenvalue weighted by Gasteiger charge is -2.39. The topological polar surface area (TPSA) is 100 Å². The first-order chi connectivity index (χ1) is 14.0. The molecule has 3 aliphatic rings. The number of nitrogens with one attached hydrogen (secondary N) is 2. The Labute approximate surface area is 192 Å². The Morgan fingerprint density at radius 3 is 2.48 bits per heavy atom. The fraction of sp³-hybridized carbons (Fsp3) is 0.619. The molecule has 10 heteroatoms. The van der Waals surface area contributed by atoms with Gasteiger partial charge in [0.2, 0.25) is 0 Å². The number of pyridine rings is 1. The summed E-state index contributed by atoms with van der Waals surface area (Å²) in [7, 11) is 0. The number of hydrogen-bond donors (Lipinski definition) is 2. The van der Waals surface area contributed by atoms with E-state index in [1.165, 1.54) is 11.0 Å². The molecule has 5 rings (SSSR count). The minimum absolute atomic E-state index is 0. The monoisotopic (exact) mass is 469 g/mol. The zero-order chi connectivity index (χ0) is 20.2. The van der Waals surface area contributed by atoms with Crippen molar-refractivity contribution in [2.75, 3.05) is 26.2 Å². The second-order valence-corrected chi connectivity index (χ2v) is 8.79. The molecule has 1 spiro atoms. The number of halogens is 2. The Balaban J connectivity index is 0.00000136. The van der Waals surface area contributed by atoms with Crippen molar-refractivity contribution in [2.24, 2.45) is 5.41 Å². The van der Waals surface area contributed by atoms with Crippen molar-refractivity contribution >= 4 is 41.8 Å². The smallest absolute Gasteiger partial charge is 0.329 e. The largest absolute Gasteiger partial charge is 0.339 e. The van der Waals surface area contributed by atoms with Gasteiger partial charge in [-0.05, 0) is 57.1 Å². The van der Waals surface area contributed by atoms with E-state index in [1.807, 2.05) is 11.8 Å². The fourth-order valence-electron chi connectivity index (χ4n) is 4.92. The van der Waals surface area contributed by atoms with E-state index in [-0.39, 0.29) is 36.1 Å². The predicted octanol–water partition coefficient (Wildman–Crippen LogP) is 2.04. The average Bonchev–Trinajstić information content (AvgIpc) is 3.48. The molecule has 2 saturated heterocycles. The van der Waals surface area contributed by atoms with Crippen LogP contribution in [0.25, 0.3) is 11.0 Å². The number of aryl methyl sites for hydroxylation is 1. The zero-order valence-corrected chi connectivity index (χ0v) is 19.2. The summed E-state index contributed by atoms with van der Waals surface area (Å²) in [6.07, 6.45) is 5.21. The molecule has 1 amide bonds. The van der Waals surface area contributed by atoms with Crippen LogP contribution in [0.4, 0.5) is 0 Å². The molecule has 1 aliphatic carbocycles. The molecular formula is C21H29Cl2N5O3. The lowest BCUT2D eigenvalue weighted by Crippen LogP contribution is -2.44. The molecule has 31 heavy (non-hydrogen) atoms. The third-order valence-electron chi connectivity index (χ3n) is 6.95. The molecule has 0 atom stereocenters. The van der Waals surface area contributed by atoms with Crippen LogP contribution in [0.1, 0.15) is 61.0 Å². The van der Waals surface area contributed by atoms with Gasteiger partial charge >= 0.3 is 5.69 Å². The molecule has 3 fully saturated rings. The van der Waals surface area contributed by atoms with Gasteiger partial charge in [0.15, 0.2) is 5.65 Å². The normalized spacial score (nSPS) is 19.8. The number of aromatic nitrogens is 3. The van der Waals surface area contributed by atoms with Crippen LogP contribution in [0.2, 0.25) is 0 Å². The highest BCUT2D eigenvalue weighted by Gasteiger charge is 2.39. The summed E-state index contributed by atoms with van der Waals surface area (Å²) in [5.74, 6) is 0.201. The third-order valence-corrected chi connectivity index (χ3v) is 6.95. The number of piperidine rings is 1. The fourth-order valence-corrected chi connectivity index (χ4v) is 4.92. The van der Waals surface area contributed by atoms with Gasteiger partial charge in [0.1, 0.15) is 0 Å². The first kappa shape index (κ1) is 23.8. The van der Waals surface area contributed by atoms with Crippen molar-refractivity contribution in [2.45, 2.75) is 51.5 Å². The molecule has 0 radical (unpaired) electrons. The summed E-state index contributed by atoms with van der Waals surface area (Å²) in [5.41, 5.74) is 0.861. The van der Waals surface area contributed by atoms with E-state index in [0.29, 0.717) is 42.2 Å². The molecule has 0 unspecified atom stereocenters. The number of fused-ring (bicyclic) bond motifs is 1. The summed E-state index contributed by atoms with van der Waals surface area (Å²) < 4.78 is 1.45. The lowest BCUT2D eigenvalue weighted by molar-refractivity contribution is 0.0609. The van der Waals surface area contributed by atoms with E-state index in [2.05, 4.69) is 15.3 Å². The molecule has 1 saturated carbocycles. The Morgan fingerprint density at radius 1 is 1.19 bits per heavy atom. The molecular weight excluding hydrogens is 441 g/mol. The van der Waals surface area contributed by atoms with Gasteiger partial charge in [0.25, 0.3) is 11.5 Å². The van der Waals surface area contributed by atoms with Crippen molar-refractivity contribution in [1.29, 1.82) is 0 Å². The number of hydrogen-bond acceptors (Lipinski definition) is 5. The van der Waals surface area contributed by atoms with Crippen LogP contribution in [0.3, 0.4) is 0 Å². The van der Waals surface area contributed by atoms with Gasteiger partial charge in [0, 0.05) is 37.8 Å². The molecule has 2 aliphatic heterocycles. The summed E-state index contributed by atoms with van der Waals surface area (Å²) >= 11 is 0. The number of rotatable bonds is 3. The number of likely N-dealkylation sites (tertiary alicyclic amines) is 1. The number of aromatic amines is 1. The molecule has 4 heterocycles. The average molecular weight is 470 g/mol. The molecule has 8 nitrogen and oxygen atoms in total. The number of H-pyrrole nitrogens is 1. The van der Waals surface area contributed by atoms with Crippen molar-refractivity contribution in [3.8, 4) is 0 Å². The first-order valence-corrected chi connectivity index (χ1v) is 10.7. The summed E-state index contributed by atoms with van der Waals surface area (Å²) in [5, 5.41) is 3.68. The second-order valence-electron chi connectivity index (χ2n) is 8.79. The quantitative estimate of drug-likeness (QED) is 0.716. The molecule has 0 bridgehead atoms. The van der Waals surface area contributed by atoms with Crippen LogP contribution in [0.15, 0.2) is 15.7 Å². The highest BCUT2D eigenvalue weighted by atomic mass is 35.5. The van der Waals surface area contributed by atoms with Gasteiger partial charge in [-0.25, -0.2) is 9.78 Å². The standard InChI is InChI=1S/C21H27N5O3.2ClH/c1-2-26-17-16(18(27)24-20(26)29)14(11-15(23-17)13-3-4-13)19(28)25-9-6-21(7-10-25)5-8-22-12-21;;/h11,13,22H,2-10,12H2,1H3,(H,24,27,29);2*1H. The van der Waals surface area contributed by atoms with Crippen molar-refractivity contribution in [1.82, 2.24) is 24.8 Å². The van der Waals surface area contributed by atoms with Crippen LogP contribution in [-0.4, -0.2) is 51.5 Å². The molecule has 2 N–H and O–H groups in total. The van der Waals surface area contributed by atoms with Crippen molar-refractivity contribution < 1.29 is 4.79 Å². The maximum atomic E-state index is 13.5. The second kappa shape index (κ2) is 8.92. The minimum Gasteiger partial charge on any atom is -0.339 e. The Morgan fingerprint density at radius 2 is 1.90 bits per heavy atom. The highest BCUT2D eigenvalue weighted by Crippen LogP contribution is 2.41. The number of carbonyl (C=O) groups is 1. The Bertz CT molecular complexity index is 1090. The van der Waals surface area contributed by atoms with E-state index in [9.17, 15) is 14.4 Å². The van der Waals surface area contributed by atoms with Gasteiger partial charge in [0.05, 0.1) is 10.9 Å². The molecule has 170 valence electrons. The minimum atomic E-state index is -0.527. The van der Waals surface area contributed by atoms with Crippen molar-refractivity contribution in [3.63, 3.8) is 0 Å². The number of carbonyl (C=O) groups excluding carboxylic acids is 1. The molecule has 2 aromatic heterocycles. The number of amides is 1. The van der Waals surface area contributed by atoms with E-state index in [4.69, 9.17) is 0 Å². The van der Waals surface area contributed by atoms with Crippen LogP contribution in [0, 0.1) is 5.41 Å². The predicted molar refractivity (Wildman–Crippen MR) is 124 cm³/mol. The van der Waals surface area contributed by atoms with E-state index >= 15 is 0 Å². The third kappa shape index (κ3) is 4.13. The van der Waals surface area contributed by atoms with Crippen LogP contribution >= 0.6 is 24.8 Å². The van der Waals surface area contributed by atoms with Gasteiger partial charge in [-0.2, -0.15) is 0 Å². The molecule has 2 aromatic rings. The van der Waals surface area contributed by atoms with Crippen molar-refractivity contribution in [3.05, 3.63) is 38.2 Å². The molecule has 0 aromatic carbocycles. The Hall–Kier alpha value is -1.90. The number of nitrogens with zero attached hydrogens (tertiary/aromatic N) is 3. The summed E-state index contributed by atoms with van der Waals surface area (Å²) in [4.78, 5) is 47.3. The first-order valence-electron chi connectivity index (χ1n) is 10.7. The lowest BCUT2D eigenvalue weighted by atomic mass is 9.77. The van der Waals surface area contributed by atoms with Crippen LogP contribution in [0.5, 0.6) is 0 Å². The summed E-state index contributed by atoms with van der Waals surface area (Å²) in [6.45, 7) is 5.72. The van der Waals surface area contributed by atoms with E-state index in [0.717, 1.165) is 44.5 Å². The SMILES string of the molecule is CCn1c(=O)[nH]c(=O)c2c(C(=O)N3CCC4(CCNC4)CC3)cc(C3CC3)nc21.Cl.Cl. The zero-order valence-electron chi connectivity index (χ0n) is 17.6. The maximum absolute atomic E-state index is 13.5. The van der Waals surface area contributed by atoms with Gasteiger partial charge in [-0.1, -0.05) is 0 Å². The highest BCUT2D eigenvalue weighted by molar-refractivity contribution is 6.05. The van der Waals surface area contributed by atoms with E-state index in [1.54, 1.807) is 6.07 Å². The van der Waals surface area contributed by atoms with Crippen LogP contribution < -0.4 is 16.6 Å². The maximum Gasteiger partial charge on any atom is 0.329 e. The van der Waals surface area contributed by atoms with Crippen LogP contribution in [-0.2, 0) is 6.54 Å². The van der Waals surface area contributed by atoms with Gasteiger partial charge in [-0.15, -0.1) is 24.8 Å². The van der Waals surface area contributed by atoms with Gasteiger partial charge in [-0.3, -0.25) is 19.1 Å². The van der Waals surface area contributed by atoms with E-state index < -0.39 is 11.2 Å². The Kier molecular flexibility index (Phi) is 6.84.